The van der Waals surface area contributed by atoms with Gasteiger partial charge in [0.2, 0.25) is 0 Å². The summed E-state index contributed by atoms with van der Waals surface area (Å²) in [5, 5.41) is 5.08. The van der Waals surface area contributed by atoms with E-state index in [0.29, 0.717) is 30.3 Å². The zero-order valence-electron chi connectivity index (χ0n) is 21.4. The predicted molar refractivity (Wildman–Crippen MR) is 135 cm³/mol. The van der Waals surface area contributed by atoms with Gasteiger partial charge in [-0.2, -0.15) is 5.10 Å². The Labute approximate surface area is 208 Å². The van der Waals surface area contributed by atoms with Crippen LogP contribution >= 0.6 is 0 Å². The second-order valence-electron chi connectivity index (χ2n) is 10.4. The van der Waals surface area contributed by atoms with Gasteiger partial charge < -0.3 is 9.64 Å². The summed E-state index contributed by atoms with van der Waals surface area (Å²) in [6.07, 6.45) is 3.15. The third kappa shape index (κ3) is 4.55. The molecule has 188 valence electrons. The molecule has 0 N–H and O–H groups in total. The van der Waals surface area contributed by atoms with Gasteiger partial charge in [0.05, 0.1) is 17.6 Å². The maximum absolute atomic E-state index is 14.5. The topological polar surface area (TPSA) is 88.8 Å². The van der Waals surface area contributed by atoms with E-state index in [1.807, 2.05) is 57.7 Å². The fourth-order valence-corrected chi connectivity index (χ4v) is 4.74. The maximum Gasteiger partial charge on any atom is 0.410 e. The van der Waals surface area contributed by atoms with E-state index in [1.54, 1.807) is 19.3 Å². The van der Waals surface area contributed by atoms with Gasteiger partial charge >= 0.3 is 6.09 Å². The molecule has 3 aromatic heterocycles. The number of carbonyl (C=O) groups excluding carboxylic acids is 1. The number of halogens is 1. The molecule has 1 amide bonds. The van der Waals surface area contributed by atoms with Crippen molar-refractivity contribution < 1.29 is 13.9 Å². The molecule has 1 aliphatic heterocycles. The van der Waals surface area contributed by atoms with Crippen molar-refractivity contribution in [2.75, 3.05) is 18.0 Å². The molecule has 4 heterocycles. The molecule has 10 heteroatoms. The molecule has 0 spiro atoms. The first-order valence-corrected chi connectivity index (χ1v) is 12.0. The van der Waals surface area contributed by atoms with Gasteiger partial charge in [0, 0.05) is 42.1 Å². The molecule has 0 unspecified atom stereocenters. The normalized spacial score (nSPS) is 18.8. The van der Waals surface area contributed by atoms with E-state index in [2.05, 4.69) is 25.0 Å². The number of aryl methyl sites for hydroxylation is 1. The lowest BCUT2D eigenvalue weighted by molar-refractivity contribution is 0.00566. The fourth-order valence-electron chi connectivity index (χ4n) is 4.74. The van der Waals surface area contributed by atoms with Crippen molar-refractivity contribution in [3.8, 4) is 11.4 Å². The van der Waals surface area contributed by atoms with Gasteiger partial charge in [-0.3, -0.25) is 4.90 Å². The van der Waals surface area contributed by atoms with Crippen LogP contribution in [0.1, 0.15) is 40.4 Å². The van der Waals surface area contributed by atoms with Gasteiger partial charge in [0.15, 0.2) is 17.3 Å². The number of hydrogen-bond acceptors (Lipinski definition) is 7. The molecular weight excluding hydrogens is 461 g/mol. The highest BCUT2D eigenvalue weighted by Gasteiger charge is 2.35. The van der Waals surface area contributed by atoms with Crippen LogP contribution in [0.5, 0.6) is 0 Å². The Morgan fingerprint density at radius 1 is 1.11 bits per heavy atom. The summed E-state index contributed by atoms with van der Waals surface area (Å²) >= 11 is 0. The second kappa shape index (κ2) is 8.69. The highest BCUT2D eigenvalue weighted by Crippen LogP contribution is 2.28. The van der Waals surface area contributed by atoms with Crippen LogP contribution in [0.3, 0.4) is 0 Å². The Morgan fingerprint density at radius 3 is 2.53 bits per heavy atom. The Bertz CT molecular complexity index is 1450. The monoisotopic (exact) mass is 491 g/mol. The van der Waals surface area contributed by atoms with Crippen molar-refractivity contribution >= 4 is 28.3 Å². The van der Waals surface area contributed by atoms with Crippen molar-refractivity contribution in [1.82, 2.24) is 29.5 Å². The summed E-state index contributed by atoms with van der Waals surface area (Å²) in [5.74, 6) is 0.437. The lowest BCUT2D eigenvalue weighted by Crippen LogP contribution is -2.59. The number of amides is 1. The quantitative estimate of drug-likeness (QED) is 0.404. The molecule has 2 atom stereocenters. The van der Waals surface area contributed by atoms with Crippen LogP contribution in [0.2, 0.25) is 0 Å². The summed E-state index contributed by atoms with van der Waals surface area (Å²) in [4.78, 5) is 30.1. The molecule has 1 saturated heterocycles. The number of nitrogens with zero attached hydrogens (tertiary/aromatic N) is 7. The fraction of sp³-hybridized carbons (Fsp3) is 0.423. The molecule has 0 aliphatic carbocycles. The molecule has 1 aromatic carbocycles. The van der Waals surface area contributed by atoms with Gasteiger partial charge in [-0.1, -0.05) is 0 Å². The Kier molecular flexibility index (Phi) is 5.77. The zero-order valence-corrected chi connectivity index (χ0v) is 21.4. The van der Waals surface area contributed by atoms with Crippen molar-refractivity contribution in [1.29, 1.82) is 0 Å². The van der Waals surface area contributed by atoms with Crippen LogP contribution in [0, 0.1) is 12.7 Å². The van der Waals surface area contributed by atoms with Crippen LogP contribution in [0.15, 0.2) is 36.7 Å². The zero-order chi connectivity index (χ0) is 25.8. The number of pyridine rings is 1. The first-order chi connectivity index (χ1) is 17.0. The van der Waals surface area contributed by atoms with E-state index in [4.69, 9.17) is 4.74 Å². The van der Waals surface area contributed by atoms with Gasteiger partial charge in [-0.25, -0.2) is 28.7 Å². The highest BCUT2D eigenvalue weighted by molar-refractivity contribution is 5.83. The third-order valence-corrected chi connectivity index (χ3v) is 6.20. The highest BCUT2D eigenvalue weighted by atomic mass is 19.1. The number of anilines is 1. The van der Waals surface area contributed by atoms with Gasteiger partial charge in [0.1, 0.15) is 11.4 Å². The van der Waals surface area contributed by atoms with Gasteiger partial charge in [-0.05, 0) is 65.8 Å². The van der Waals surface area contributed by atoms with E-state index in [1.165, 1.54) is 10.6 Å². The number of aromatic nitrogens is 5. The Hall–Kier alpha value is -3.82. The predicted octanol–water partition coefficient (Wildman–Crippen LogP) is 4.62. The molecule has 1 aliphatic rings. The standard InChI is InChI=1S/C26H30FN7O2/c1-15-12-32(13-16(2)34(15)25(35)36-26(4,5)6)20-7-8-22-18(9-20)11-28-23(30-22)19-10-21(27)24-29-17(3)31-33(24)14-19/h7-11,14-16H,12-13H2,1-6H3/t15-,16-/m0/s1. The van der Waals surface area contributed by atoms with Gasteiger partial charge in [0.25, 0.3) is 0 Å². The van der Waals surface area contributed by atoms with Gasteiger partial charge in [-0.15, -0.1) is 0 Å². The summed E-state index contributed by atoms with van der Waals surface area (Å²) in [7, 11) is 0. The van der Waals surface area contributed by atoms with Crippen LogP contribution in [-0.2, 0) is 4.74 Å². The van der Waals surface area contributed by atoms with Crippen LogP contribution < -0.4 is 4.90 Å². The Balaban J connectivity index is 1.38. The summed E-state index contributed by atoms with van der Waals surface area (Å²) in [6, 6.07) is 7.37. The molecule has 0 radical (unpaired) electrons. The van der Waals surface area contributed by atoms with Crippen molar-refractivity contribution in [3.05, 3.63) is 48.3 Å². The van der Waals surface area contributed by atoms with Crippen LogP contribution in [0.25, 0.3) is 27.9 Å². The number of benzene rings is 1. The number of ether oxygens (including phenoxy) is 1. The van der Waals surface area contributed by atoms with E-state index in [9.17, 15) is 9.18 Å². The first-order valence-electron chi connectivity index (χ1n) is 12.0. The summed E-state index contributed by atoms with van der Waals surface area (Å²) in [6.45, 7) is 12.8. The SMILES string of the molecule is Cc1nc2c(F)cc(-c3ncc4cc(N5C[C@H](C)N(C(=O)OC(C)(C)C)[C@@H](C)C5)ccc4n3)cn2n1. The second-order valence-corrected chi connectivity index (χ2v) is 10.4. The number of piperazine rings is 1. The maximum atomic E-state index is 14.5. The molecule has 0 bridgehead atoms. The average molecular weight is 492 g/mol. The Morgan fingerprint density at radius 2 is 1.83 bits per heavy atom. The molecule has 1 fully saturated rings. The number of rotatable bonds is 2. The minimum atomic E-state index is -0.531. The van der Waals surface area contributed by atoms with Crippen molar-refractivity contribution in [2.24, 2.45) is 0 Å². The summed E-state index contributed by atoms with van der Waals surface area (Å²) in [5.41, 5.74) is 1.96. The average Bonchev–Trinajstić information content (AvgIpc) is 3.17. The largest absolute Gasteiger partial charge is 0.444 e. The number of hydrogen-bond donors (Lipinski definition) is 0. The van der Waals surface area contributed by atoms with Crippen molar-refractivity contribution in [2.45, 2.75) is 59.2 Å². The van der Waals surface area contributed by atoms with E-state index < -0.39 is 11.4 Å². The molecule has 4 aromatic rings. The third-order valence-electron chi connectivity index (χ3n) is 6.20. The molecule has 0 saturated carbocycles. The van der Waals surface area contributed by atoms with E-state index in [-0.39, 0.29) is 23.8 Å². The molecule has 9 nitrogen and oxygen atoms in total. The molecule has 5 rings (SSSR count). The van der Waals surface area contributed by atoms with E-state index >= 15 is 0 Å². The van der Waals surface area contributed by atoms with Crippen molar-refractivity contribution in [3.63, 3.8) is 0 Å². The summed E-state index contributed by atoms with van der Waals surface area (Å²) < 4.78 is 21.6. The van der Waals surface area contributed by atoms with Crippen LogP contribution in [-0.4, -0.2) is 66.3 Å². The molecule has 36 heavy (non-hydrogen) atoms. The number of carbonyl (C=O) groups is 1. The minimum Gasteiger partial charge on any atom is -0.444 e. The number of fused-ring (bicyclic) bond motifs is 2. The lowest BCUT2D eigenvalue weighted by Gasteiger charge is -2.45. The molecular formula is C26H30FN7O2. The first kappa shape index (κ1) is 23.9. The smallest absolute Gasteiger partial charge is 0.410 e. The minimum absolute atomic E-state index is 0.0110. The lowest BCUT2D eigenvalue weighted by atomic mass is 10.1. The van der Waals surface area contributed by atoms with E-state index in [0.717, 1.165) is 16.6 Å². The van der Waals surface area contributed by atoms with Crippen LogP contribution in [0.4, 0.5) is 14.9 Å².